The van der Waals surface area contributed by atoms with Gasteiger partial charge in [0, 0.05) is 12.1 Å². The van der Waals surface area contributed by atoms with Gasteiger partial charge in [-0.25, -0.2) is 8.78 Å². The number of benzene rings is 1. The van der Waals surface area contributed by atoms with Crippen molar-refractivity contribution in [3.8, 4) is 0 Å². The van der Waals surface area contributed by atoms with Gasteiger partial charge in [-0.2, -0.15) is 0 Å². The lowest BCUT2D eigenvalue weighted by molar-refractivity contribution is 0.151. The Balaban J connectivity index is 1.86. The second kappa shape index (κ2) is 4.71. The summed E-state index contributed by atoms with van der Waals surface area (Å²) in [5.74, 6) is 0.822. The highest BCUT2D eigenvalue weighted by atomic mass is 19.3. The molecule has 1 aromatic rings. The summed E-state index contributed by atoms with van der Waals surface area (Å²) in [7, 11) is 0. The Bertz CT molecular complexity index is 321. The molecule has 1 aromatic carbocycles. The van der Waals surface area contributed by atoms with Crippen LogP contribution in [0.3, 0.4) is 0 Å². The Labute approximate surface area is 88.5 Å². The van der Waals surface area contributed by atoms with E-state index in [1.807, 2.05) is 6.07 Å². The van der Waals surface area contributed by atoms with Gasteiger partial charge in [-0.05, 0) is 36.9 Å². The van der Waals surface area contributed by atoms with Crippen LogP contribution in [0.2, 0.25) is 0 Å². The lowest BCUT2D eigenvalue weighted by Crippen LogP contribution is -2.16. The van der Waals surface area contributed by atoms with E-state index in [1.165, 1.54) is 18.9 Å². The average molecular weight is 211 g/mol. The maximum absolute atomic E-state index is 12.4. The van der Waals surface area contributed by atoms with Crippen molar-refractivity contribution in [2.24, 2.45) is 5.92 Å². The molecule has 0 heterocycles. The summed E-state index contributed by atoms with van der Waals surface area (Å²) in [4.78, 5) is 0. The first kappa shape index (κ1) is 10.6. The van der Waals surface area contributed by atoms with Crippen molar-refractivity contribution in [3.63, 3.8) is 0 Å². The number of hydrogen-bond donors (Lipinski definition) is 1. The van der Waals surface area contributed by atoms with Gasteiger partial charge in [-0.1, -0.05) is 18.2 Å². The van der Waals surface area contributed by atoms with Gasteiger partial charge in [-0.15, -0.1) is 0 Å². The summed E-state index contributed by atoms with van der Waals surface area (Å²) in [6, 6.07) is 6.61. The van der Waals surface area contributed by atoms with Crippen LogP contribution >= 0.6 is 0 Å². The highest BCUT2D eigenvalue weighted by molar-refractivity contribution is 5.24. The molecule has 1 aliphatic rings. The van der Waals surface area contributed by atoms with Crippen molar-refractivity contribution in [1.29, 1.82) is 0 Å². The molecule has 1 N–H and O–H groups in total. The maximum Gasteiger partial charge on any atom is 0.263 e. The van der Waals surface area contributed by atoms with E-state index >= 15 is 0 Å². The van der Waals surface area contributed by atoms with Crippen LogP contribution < -0.4 is 5.32 Å². The van der Waals surface area contributed by atoms with Crippen LogP contribution in [-0.4, -0.2) is 6.54 Å². The van der Waals surface area contributed by atoms with E-state index in [0.29, 0.717) is 6.54 Å². The summed E-state index contributed by atoms with van der Waals surface area (Å²) in [5, 5.41) is 3.28. The van der Waals surface area contributed by atoms with E-state index < -0.39 is 6.43 Å². The van der Waals surface area contributed by atoms with Crippen molar-refractivity contribution < 1.29 is 8.78 Å². The quantitative estimate of drug-likeness (QED) is 0.789. The first-order valence-electron chi connectivity index (χ1n) is 5.33. The van der Waals surface area contributed by atoms with E-state index in [2.05, 4.69) is 5.32 Å². The molecule has 0 bridgehead atoms. The van der Waals surface area contributed by atoms with Crippen LogP contribution in [0.25, 0.3) is 0 Å². The first-order valence-corrected chi connectivity index (χ1v) is 5.33. The van der Waals surface area contributed by atoms with Gasteiger partial charge >= 0.3 is 0 Å². The zero-order valence-corrected chi connectivity index (χ0v) is 8.55. The van der Waals surface area contributed by atoms with Gasteiger partial charge in [0.15, 0.2) is 0 Å². The van der Waals surface area contributed by atoms with Crippen molar-refractivity contribution in [2.45, 2.75) is 25.8 Å². The Hall–Kier alpha value is -0.960. The molecule has 0 atom stereocenters. The number of nitrogens with one attached hydrogen (secondary N) is 1. The largest absolute Gasteiger partial charge is 0.312 e. The Morgan fingerprint density at radius 1 is 1.33 bits per heavy atom. The molecule has 0 radical (unpaired) electrons. The second-order valence-electron chi connectivity index (χ2n) is 4.12. The van der Waals surface area contributed by atoms with Gasteiger partial charge in [0.25, 0.3) is 6.43 Å². The molecule has 1 aliphatic carbocycles. The molecular weight excluding hydrogens is 196 g/mol. The molecule has 0 spiro atoms. The summed E-state index contributed by atoms with van der Waals surface area (Å²) >= 11 is 0. The minimum Gasteiger partial charge on any atom is -0.312 e. The van der Waals surface area contributed by atoms with E-state index in [1.54, 1.807) is 12.1 Å². The van der Waals surface area contributed by atoms with Gasteiger partial charge < -0.3 is 5.32 Å². The lowest BCUT2D eigenvalue weighted by atomic mass is 10.1. The van der Waals surface area contributed by atoms with Gasteiger partial charge in [0.1, 0.15) is 0 Å². The van der Waals surface area contributed by atoms with E-state index in [0.717, 1.165) is 18.0 Å². The molecule has 15 heavy (non-hydrogen) atoms. The zero-order chi connectivity index (χ0) is 10.7. The molecule has 0 aromatic heterocycles. The fourth-order valence-electron chi connectivity index (χ4n) is 1.58. The number of alkyl halides is 2. The predicted molar refractivity (Wildman–Crippen MR) is 55.8 cm³/mol. The van der Waals surface area contributed by atoms with Crippen molar-refractivity contribution in [1.82, 2.24) is 5.32 Å². The van der Waals surface area contributed by atoms with Crippen LogP contribution in [0.1, 0.15) is 30.4 Å². The zero-order valence-electron chi connectivity index (χ0n) is 8.55. The summed E-state index contributed by atoms with van der Waals surface area (Å²) in [6.45, 7) is 1.70. The number of halogens is 2. The minimum absolute atomic E-state index is 0.112. The lowest BCUT2D eigenvalue weighted by Gasteiger charge is -2.06. The molecule has 3 heteroatoms. The van der Waals surface area contributed by atoms with Crippen LogP contribution in [-0.2, 0) is 6.54 Å². The molecule has 1 saturated carbocycles. The van der Waals surface area contributed by atoms with Crippen molar-refractivity contribution in [3.05, 3.63) is 35.4 Å². The third kappa shape index (κ3) is 3.27. The fourth-order valence-corrected chi connectivity index (χ4v) is 1.58. The molecule has 0 aliphatic heterocycles. The van der Waals surface area contributed by atoms with Crippen molar-refractivity contribution in [2.75, 3.05) is 6.54 Å². The topological polar surface area (TPSA) is 12.0 Å². The summed E-state index contributed by atoms with van der Waals surface area (Å²) < 4.78 is 24.8. The number of hydrogen-bond acceptors (Lipinski definition) is 1. The third-order valence-corrected chi connectivity index (χ3v) is 2.66. The normalized spacial score (nSPS) is 15.9. The monoisotopic (exact) mass is 211 g/mol. The highest BCUT2D eigenvalue weighted by Crippen LogP contribution is 2.27. The smallest absolute Gasteiger partial charge is 0.263 e. The van der Waals surface area contributed by atoms with Crippen LogP contribution in [0.5, 0.6) is 0 Å². The molecule has 0 unspecified atom stereocenters. The average Bonchev–Trinajstić information content (AvgIpc) is 3.02. The maximum atomic E-state index is 12.4. The van der Waals surface area contributed by atoms with Gasteiger partial charge in [0.05, 0.1) is 0 Å². The third-order valence-electron chi connectivity index (χ3n) is 2.66. The van der Waals surface area contributed by atoms with Crippen LogP contribution in [0.4, 0.5) is 8.78 Å². The SMILES string of the molecule is FC(F)c1cccc(CNCC2CC2)c1. The fraction of sp³-hybridized carbons (Fsp3) is 0.500. The second-order valence-corrected chi connectivity index (χ2v) is 4.12. The summed E-state index contributed by atoms with van der Waals surface area (Å²) in [5.41, 5.74) is 1.05. The molecule has 0 saturated heterocycles. The van der Waals surface area contributed by atoms with Gasteiger partial charge in [0.2, 0.25) is 0 Å². The molecule has 2 rings (SSSR count). The van der Waals surface area contributed by atoms with Gasteiger partial charge in [-0.3, -0.25) is 0 Å². The van der Waals surface area contributed by atoms with E-state index in [-0.39, 0.29) is 5.56 Å². The molecular formula is C12H15F2N. The number of rotatable bonds is 5. The minimum atomic E-state index is -2.37. The Morgan fingerprint density at radius 2 is 2.13 bits per heavy atom. The molecule has 0 amide bonds. The predicted octanol–water partition coefficient (Wildman–Crippen LogP) is 3.12. The first-order chi connectivity index (χ1) is 7.25. The molecule has 1 fully saturated rings. The van der Waals surface area contributed by atoms with Crippen LogP contribution in [0.15, 0.2) is 24.3 Å². The molecule has 1 nitrogen and oxygen atoms in total. The standard InChI is InChI=1S/C12H15F2N/c13-12(14)11-3-1-2-10(6-11)8-15-7-9-4-5-9/h1-3,6,9,12,15H,4-5,7-8H2. The molecule has 82 valence electrons. The summed E-state index contributed by atoms with van der Waals surface area (Å²) in [6.07, 6.45) is 0.252. The highest BCUT2D eigenvalue weighted by Gasteiger charge is 2.20. The Kier molecular flexibility index (Phi) is 3.31. The van der Waals surface area contributed by atoms with E-state index in [9.17, 15) is 8.78 Å². The Morgan fingerprint density at radius 3 is 2.80 bits per heavy atom. The van der Waals surface area contributed by atoms with E-state index in [4.69, 9.17) is 0 Å². The van der Waals surface area contributed by atoms with Crippen LogP contribution in [0, 0.1) is 5.92 Å². The van der Waals surface area contributed by atoms with Crippen molar-refractivity contribution >= 4 is 0 Å².